The molecule has 6 nitrogen and oxygen atoms in total. The van der Waals surface area contributed by atoms with Crippen LogP contribution in [-0.2, 0) is 19.1 Å². The monoisotopic (exact) mass is 247 g/mol. The molecule has 2 N–H and O–H groups in total. The van der Waals surface area contributed by atoms with Gasteiger partial charge in [0.05, 0.1) is 19.8 Å². The van der Waals surface area contributed by atoms with Gasteiger partial charge in [0.25, 0.3) is 0 Å². The van der Waals surface area contributed by atoms with Gasteiger partial charge >= 0.3 is 5.97 Å². The fourth-order valence-corrected chi connectivity index (χ4v) is 1.16. The highest BCUT2D eigenvalue weighted by atomic mass is 16.5. The van der Waals surface area contributed by atoms with Crippen LogP contribution in [0.1, 0.15) is 25.7 Å². The zero-order valence-electron chi connectivity index (χ0n) is 10.2. The fraction of sp³-hybridized carbons (Fsp3) is 0.818. The van der Waals surface area contributed by atoms with Gasteiger partial charge in [-0.05, 0) is 12.8 Å². The van der Waals surface area contributed by atoms with Crippen molar-refractivity contribution >= 4 is 11.9 Å². The molecule has 0 heterocycles. The molecule has 0 aromatic heterocycles. The maximum Gasteiger partial charge on any atom is 0.303 e. The molecule has 0 saturated heterocycles. The highest BCUT2D eigenvalue weighted by Crippen LogP contribution is 1.99. The first kappa shape index (κ1) is 15.9. The lowest BCUT2D eigenvalue weighted by molar-refractivity contribution is -0.137. The van der Waals surface area contributed by atoms with E-state index in [0.29, 0.717) is 45.6 Å². The normalized spacial score (nSPS) is 10.2. The zero-order valence-corrected chi connectivity index (χ0v) is 10.2. The van der Waals surface area contributed by atoms with Crippen molar-refractivity contribution in [3.8, 4) is 0 Å². The molecule has 0 aliphatic rings. The standard InChI is InChI=1S/C11H21NO5/c1-16-8-9-17-7-6-12-10(13)4-2-3-5-11(14)15/h2-9H2,1H3,(H,12,13)(H,14,15). The van der Waals surface area contributed by atoms with Crippen LogP contribution in [0.3, 0.4) is 0 Å². The Balaban J connectivity index is 3.20. The van der Waals surface area contributed by atoms with Crippen LogP contribution >= 0.6 is 0 Å². The van der Waals surface area contributed by atoms with Crippen molar-refractivity contribution in [3.63, 3.8) is 0 Å². The summed E-state index contributed by atoms with van der Waals surface area (Å²) in [5.41, 5.74) is 0. The molecule has 0 atom stereocenters. The molecule has 0 saturated carbocycles. The number of methoxy groups -OCH3 is 1. The van der Waals surface area contributed by atoms with E-state index < -0.39 is 5.97 Å². The Morgan fingerprint density at radius 2 is 1.82 bits per heavy atom. The van der Waals surface area contributed by atoms with Crippen molar-refractivity contribution in [1.82, 2.24) is 5.32 Å². The van der Waals surface area contributed by atoms with Crippen LogP contribution in [0, 0.1) is 0 Å². The maximum atomic E-state index is 11.2. The molecule has 0 aliphatic carbocycles. The van der Waals surface area contributed by atoms with Crippen LogP contribution in [0.25, 0.3) is 0 Å². The number of carbonyl (C=O) groups excluding carboxylic acids is 1. The SMILES string of the molecule is COCCOCCNC(=O)CCCCC(=O)O. The number of rotatable bonds is 11. The van der Waals surface area contributed by atoms with Crippen molar-refractivity contribution < 1.29 is 24.2 Å². The van der Waals surface area contributed by atoms with Gasteiger partial charge in [0.15, 0.2) is 0 Å². The van der Waals surface area contributed by atoms with Gasteiger partial charge in [-0.2, -0.15) is 0 Å². The van der Waals surface area contributed by atoms with Crippen LogP contribution in [-0.4, -0.2) is 50.5 Å². The van der Waals surface area contributed by atoms with Gasteiger partial charge in [-0.3, -0.25) is 9.59 Å². The molecule has 0 aliphatic heterocycles. The molecule has 0 aromatic carbocycles. The third kappa shape index (κ3) is 12.8. The summed E-state index contributed by atoms with van der Waals surface area (Å²) in [6.07, 6.45) is 1.62. The maximum absolute atomic E-state index is 11.2. The first-order valence-electron chi connectivity index (χ1n) is 5.72. The minimum Gasteiger partial charge on any atom is -0.481 e. The fourth-order valence-electron chi connectivity index (χ4n) is 1.16. The molecule has 6 heteroatoms. The van der Waals surface area contributed by atoms with E-state index in [-0.39, 0.29) is 12.3 Å². The first-order chi connectivity index (χ1) is 8.16. The van der Waals surface area contributed by atoms with Crippen molar-refractivity contribution in [3.05, 3.63) is 0 Å². The average molecular weight is 247 g/mol. The van der Waals surface area contributed by atoms with Gasteiger partial charge in [0, 0.05) is 26.5 Å². The lowest BCUT2D eigenvalue weighted by atomic mass is 10.2. The number of hydrogen-bond acceptors (Lipinski definition) is 4. The molecule has 1 amide bonds. The lowest BCUT2D eigenvalue weighted by Crippen LogP contribution is -2.27. The molecule has 0 radical (unpaired) electrons. The van der Waals surface area contributed by atoms with E-state index in [1.54, 1.807) is 7.11 Å². The number of carboxylic acid groups (broad SMARTS) is 1. The molecule has 0 fully saturated rings. The van der Waals surface area contributed by atoms with E-state index in [0.717, 1.165) is 0 Å². The Hall–Kier alpha value is -1.14. The van der Waals surface area contributed by atoms with Gasteiger partial charge in [0.2, 0.25) is 5.91 Å². The minimum absolute atomic E-state index is 0.0641. The number of unbranched alkanes of at least 4 members (excludes halogenated alkanes) is 1. The van der Waals surface area contributed by atoms with Crippen LogP contribution in [0.4, 0.5) is 0 Å². The molecule has 100 valence electrons. The summed E-state index contributed by atoms with van der Waals surface area (Å²) < 4.78 is 9.96. The largest absolute Gasteiger partial charge is 0.481 e. The van der Waals surface area contributed by atoms with Gasteiger partial charge in [0.1, 0.15) is 0 Å². The summed E-state index contributed by atoms with van der Waals surface area (Å²) >= 11 is 0. The molecular formula is C11H21NO5. The second kappa shape index (κ2) is 11.3. The van der Waals surface area contributed by atoms with Crippen molar-refractivity contribution in [1.29, 1.82) is 0 Å². The summed E-state index contributed by atoms with van der Waals surface area (Å²) in [5.74, 6) is -0.886. The topological polar surface area (TPSA) is 84.9 Å². The molecule has 0 rings (SSSR count). The van der Waals surface area contributed by atoms with E-state index in [1.165, 1.54) is 0 Å². The molecule has 0 spiro atoms. The van der Waals surface area contributed by atoms with Gasteiger partial charge in [-0.1, -0.05) is 0 Å². The summed E-state index contributed by atoms with van der Waals surface area (Å²) in [6, 6.07) is 0. The predicted molar refractivity (Wildman–Crippen MR) is 61.8 cm³/mol. The Morgan fingerprint density at radius 3 is 2.47 bits per heavy atom. The second-order valence-corrected chi connectivity index (χ2v) is 3.56. The third-order valence-corrected chi connectivity index (χ3v) is 2.04. The van der Waals surface area contributed by atoms with Crippen LogP contribution < -0.4 is 5.32 Å². The average Bonchev–Trinajstić information content (AvgIpc) is 2.29. The summed E-state index contributed by atoms with van der Waals surface area (Å²) in [4.78, 5) is 21.5. The van der Waals surface area contributed by atoms with Crippen LogP contribution in [0.5, 0.6) is 0 Å². The van der Waals surface area contributed by atoms with Gasteiger partial charge in [-0.15, -0.1) is 0 Å². The Kier molecular flexibility index (Phi) is 10.6. The first-order valence-corrected chi connectivity index (χ1v) is 5.72. The van der Waals surface area contributed by atoms with E-state index in [2.05, 4.69) is 5.32 Å². The minimum atomic E-state index is -0.822. The Bertz CT molecular complexity index is 220. The third-order valence-electron chi connectivity index (χ3n) is 2.04. The number of amides is 1. The van der Waals surface area contributed by atoms with Crippen LogP contribution in [0.15, 0.2) is 0 Å². The van der Waals surface area contributed by atoms with E-state index in [9.17, 15) is 9.59 Å². The molecule has 0 aromatic rings. The van der Waals surface area contributed by atoms with Crippen molar-refractivity contribution in [2.75, 3.05) is 33.5 Å². The predicted octanol–water partition coefficient (Wildman–Crippen LogP) is 0.411. The number of aliphatic carboxylic acids is 1. The quantitative estimate of drug-likeness (QED) is 0.517. The highest BCUT2D eigenvalue weighted by molar-refractivity contribution is 5.75. The number of carboxylic acids is 1. The molecular weight excluding hydrogens is 226 g/mol. The Labute approximate surface area is 101 Å². The molecule has 0 unspecified atom stereocenters. The highest BCUT2D eigenvalue weighted by Gasteiger charge is 2.02. The number of ether oxygens (including phenoxy) is 2. The van der Waals surface area contributed by atoms with Gasteiger partial charge < -0.3 is 19.9 Å². The summed E-state index contributed by atoms with van der Waals surface area (Å²) in [5, 5.41) is 11.1. The number of nitrogens with one attached hydrogen (secondary N) is 1. The summed E-state index contributed by atoms with van der Waals surface area (Å²) in [6.45, 7) is 2.00. The smallest absolute Gasteiger partial charge is 0.303 e. The lowest BCUT2D eigenvalue weighted by Gasteiger charge is -2.05. The van der Waals surface area contributed by atoms with E-state index >= 15 is 0 Å². The molecule has 17 heavy (non-hydrogen) atoms. The van der Waals surface area contributed by atoms with Crippen LogP contribution in [0.2, 0.25) is 0 Å². The molecule has 0 bridgehead atoms. The zero-order chi connectivity index (χ0) is 12.9. The van der Waals surface area contributed by atoms with Crippen molar-refractivity contribution in [2.45, 2.75) is 25.7 Å². The van der Waals surface area contributed by atoms with E-state index in [1.807, 2.05) is 0 Å². The number of carbonyl (C=O) groups is 2. The van der Waals surface area contributed by atoms with Crippen molar-refractivity contribution in [2.24, 2.45) is 0 Å². The Morgan fingerprint density at radius 1 is 1.12 bits per heavy atom. The second-order valence-electron chi connectivity index (χ2n) is 3.56. The van der Waals surface area contributed by atoms with Gasteiger partial charge in [-0.25, -0.2) is 0 Å². The number of hydrogen-bond donors (Lipinski definition) is 2. The summed E-state index contributed by atoms with van der Waals surface area (Å²) in [7, 11) is 1.60. The van der Waals surface area contributed by atoms with E-state index in [4.69, 9.17) is 14.6 Å².